The van der Waals surface area contributed by atoms with Crippen molar-refractivity contribution in [2.24, 2.45) is 0 Å². The van der Waals surface area contributed by atoms with Gasteiger partial charge in [0.15, 0.2) is 0 Å². The minimum Gasteiger partial charge on any atom is -0.495 e. The van der Waals surface area contributed by atoms with Crippen LogP contribution in [0.15, 0.2) is 11.4 Å². The summed E-state index contributed by atoms with van der Waals surface area (Å²) in [5.74, 6) is 0.530. The Hall–Kier alpha value is -1.11. The molecule has 1 aromatic heterocycles. The smallest absolute Gasteiger partial charge is 0.265 e. The van der Waals surface area contributed by atoms with Crippen LogP contribution in [0, 0.1) is 0 Å². The minimum absolute atomic E-state index is 0.0965. The molecule has 2 heterocycles. The van der Waals surface area contributed by atoms with E-state index in [1.165, 1.54) is 11.3 Å². The molecule has 0 spiro atoms. The third-order valence-electron chi connectivity index (χ3n) is 3.08. The van der Waals surface area contributed by atoms with E-state index < -0.39 is 0 Å². The monoisotopic (exact) mass is 284 g/mol. The molecule has 5 nitrogen and oxygen atoms in total. The van der Waals surface area contributed by atoms with Gasteiger partial charge >= 0.3 is 0 Å². The topological polar surface area (TPSA) is 59.6 Å². The van der Waals surface area contributed by atoms with Crippen LogP contribution in [0.2, 0.25) is 0 Å². The van der Waals surface area contributed by atoms with Gasteiger partial charge in [0.1, 0.15) is 10.6 Å². The van der Waals surface area contributed by atoms with E-state index in [0.29, 0.717) is 29.9 Å². The fourth-order valence-electron chi connectivity index (χ4n) is 2.06. The average molecular weight is 284 g/mol. The standard InChI is InChI=1S/C13H20N2O3S/c1-17-11-4-9-19-12(11)13(16)15-7-8-18-10-2-5-14-6-3-10/h4,9-10,14H,2-3,5-8H2,1H3,(H,15,16). The normalized spacial score (nSPS) is 16.3. The zero-order valence-electron chi connectivity index (χ0n) is 11.1. The predicted octanol–water partition coefficient (Wildman–Crippen LogP) is 1.26. The second-order valence-electron chi connectivity index (χ2n) is 4.39. The molecule has 1 aliphatic rings. The second-order valence-corrected chi connectivity index (χ2v) is 5.31. The molecule has 0 radical (unpaired) electrons. The highest BCUT2D eigenvalue weighted by Gasteiger charge is 2.15. The van der Waals surface area contributed by atoms with Gasteiger partial charge < -0.3 is 20.1 Å². The fourth-order valence-corrected chi connectivity index (χ4v) is 2.83. The first-order chi connectivity index (χ1) is 9.31. The number of nitrogens with one attached hydrogen (secondary N) is 2. The van der Waals surface area contributed by atoms with Gasteiger partial charge in [0.2, 0.25) is 0 Å². The molecule has 6 heteroatoms. The lowest BCUT2D eigenvalue weighted by Gasteiger charge is -2.22. The molecule has 106 valence electrons. The van der Waals surface area contributed by atoms with Crippen molar-refractivity contribution >= 4 is 17.2 Å². The van der Waals surface area contributed by atoms with Crippen molar-refractivity contribution in [2.45, 2.75) is 18.9 Å². The van der Waals surface area contributed by atoms with Crippen molar-refractivity contribution in [1.82, 2.24) is 10.6 Å². The van der Waals surface area contributed by atoms with Crippen LogP contribution >= 0.6 is 11.3 Å². The molecule has 1 fully saturated rings. The van der Waals surface area contributed by atoms with Gasteiger partial charge in [0.25, 0.3) is 5.91 Å². The van der Waals surface area contributed by atoms with Gasteiger partial charge in [-0.25, -0.2) is 0 Å². The van der Waals surface area contributed by atoms with Crippen LogP contribution in [0.4, 0.5) is 0 Å². The summed E-state index contributed by atoms with van der Waals surface area (Å²) in [6.07, 6.45) is 2.42. The number of ether oxygens (including phenoxy) is 2. The molecule has 1 amide bonds. The zero-order chi connectivity index (χ0) is 13.5. The highest BCUT2D eigenvalue weighted by molar-refractivity contribution is 7.12. The number of methoxy groups -OCH3 is 1. The first-order valence-electron chi connectivity index (χ1n) is 6.53. The van der Waals surface area contributed by atoms with Gasteiger partial charge in [0.05, 0.1) is 19.8 Å². The first kappa shape index (κ1) is 14.3. The van der Waals surface area contributed by atoms with Crippen molar-refractivity contribution in [1.29, 1.82) is 0 Å². The minimum atomic E-state index is -0.0965. The highest BCUT2D eigenvalue weighted by atomic mass is 32.1. The van der Waals surface area contributed by atoms with Crippen LogP contribution in [0.3, 0.4) is 0 Å². The molecule has 0 saturated carbocycles. The summed E-state index contributed by atoms with van der Waals surface area (Å²) in [5.41, 5.74) is 0. The molecule has 1 aromatic rings. The zero-order valence-corrected chi connectivity index (χ0v) is 11.9. The van der Waals surface area contributed by atoms with E-state index in [1.807, 2.05) is 5.38 Å². The molecular weight excluding hydrogens is 264 g/mol. The van der Waals surface area contributed by atoms with E-state index in [0.717, 1.165) is 25.9 Å². The number of amides is 1. The summed E-state index contributed by atoms with van der Waals surface area (Å²) in [5, 5.41) is 7.99. The fraction of sp³-hybridized carbons (Fsp3) is 0.615. The first-order valence-corrected chi connectivity index (χ1v) is 7.41. The molecule has 0 aliphatic carbocycles. The summed E-state index contributed by atoms with van der Waals surface area (Å²) in [6.45, 7) is 3.13. The van der Waals surface area contributed by atoms with Crippen molar-refractivity contribution in [3.63, 3.8) is 0 Å². The number of thiophene rings is 1. The quantitative estimate of drug-likeness (QED) is 0.772. The number of hydrogen-bond acceptors (Lipinski definition) is 5. The number of rotatable bonds is 6. The molecule has 19 heavy (non-hydrogen) atoms. The van der Waals surface area contributed by atoms with Crippen LogP contribution in [0.25, 0.3) is 0 Å². The van der Waals surface area contributed by atoms with E-state index in [1.54, 1.807) is 13.2 Å². The lowest BCUT2D eigenvalue weighted by Crippen LogP contribution is -2.34. The average Bonchev–Trinajstić information content (AvgIpc) is 2.93. The predicted molar refractivity (Wildman–Crippen MR) is 75.0 cm³/mol. The highest BCUT2D eigenvalue weighted by Crippen LogP contribution is 2.23. The molecule has 0 atom stereocenters. The summed E-state index contributed by atoms with van der Waals surface area (Å²) < 4.78 is 10.8. The van der Waals surface area contributed by atoms with Crippen LogP contribution in [0.1, 0.15) is 22.5 Å². The van der Waals surface area contributed by atoms with Gasteiger partial charge in [0, 0.05) is 6.54 Å². The Morgan fingerprint density at radius 1 is 1.53 bits per heavy atom. The Morgan fingerprint density at radius 2 is 2.32 bits per heavy atom. The van der Waals surface area contributed by atoms with Crippen LogP contribution in [-0.4, -0.2) is 45.4 Å². The SMILES string of the molecule is COc1ccsc1C(=O)NCCOC1CCNCC1. The summed E-state index contributed by atoms with van der Waals surface area (Å²) in [6, 6.07) is 1.80. The molecule has 2 rings (SSSR count). The Balaban J connectivity index is 1.66. The van der Waals surface area contributed by atoms with E-state index in [4.69, 9.17) is 9.47 Å². The number of carbonyl (C=O) groups excluding carboxylic acids is 1. The third-order valence-corrected chi connectivity index (χ3v) is 3.98. The van der Waals surface area contributed by atoms with Crippen LogP contribution in [-0.2, 0) is 4.74 Å². The summed E-state index contributed by atoms with van der Waals surface area (Å²) in [4.78, 5) is 12.5. The molecule has 1 aliphatic heterocycles. The third kappa shape index (κ3) is 4.19. The van der Waals surface area contributed by atoms with Gasteiger partial charge in [-0.3, -0.25) is 4.79 Å². The van der Waals surface area contributed by atoms with Crippen molar-refractivity contribution < 1.29 is 14.3 Å². The van der Waals surface area contributed by atoms with E-state index in [-0.39, 0.29) is 5.91 Å². The molecular formula is C13H20N2O3S. The van der Waals surface area contributed by atoms with Crippen molar-refractivity contribution in [3.05, 3.63) is 16.3 Å². The van der Waals surface area contributed by atoms with Gasteiger partial charge in [-0.15, -0.1) is 11.3 Å². The van der Waals surface area contributed by atoms with Crippen LogP contribution in [0.5, 0.6) is 5.75 Å². The van der Waals surface area contributed by atoms with E-state index >= 15 is 0 Å². The maximum Gasteiger partial charge on any atom is 0.265 e. The molecule has 0 unspecified atom stereocenters. The number of piperidine rings is 1. The molecule has 0 aromatic carbocycles. The van der Waals surface area contributed by atoms with E-state index in [2.05, 4.69) is 10.6 Å². The van der Waals surface area contributed by atoms with Crippen molar-refractivity contribution in [3.8, 4) is 5.75 Å². The Labute approximate surface area is 117 Å². The maximum atomic E-state index is 11.9. The molecule has 2 N–H and O–H groups in total. The van der Waals surface area contributed by atoms with Gasteiger partial charge in [-0.05, 0) is 37.4 Å². The van der Waals surface area contributed by atoms with Gasteiger partial charge in [-0.1, -0.05) is 0 Å². The Bertz CT molecular complexity index is 402. The number of hydrogen-bond donors (Lipinski definition) is 2. The Kier molecular flexibility index (Phi) is 5.62. The molecule has 1 saturated heterocycles. The lowest BCUT2D eigenvalue weighted by molar-refractivity contribution is 0.0343. The second kappa shape index (κ2) is 7.47. The van der Waals surface area contributed by atoms with Crippen molar-refractivity contribution in [2.75, 3.05) is 33.4 Å². The van der Waals surface area contributed by atoms with Crippen LogP contribution < -0.4 is 15.4 Å². The van der Waals surface area contributed by atoms with Gasteiger partial charge in [-0.2, -0.15) is 0 Å². The molecule has 0 bridgehead atoms. The Morgan fingerprint density at radius 3 is 3.05 bits per heavy atom. The largest absolute Gasteiger partial charge is 0.495 e. The lowest BCUT2D eigenvalue weighted by atomic mass is 10.1. The van der Waals surface area contributed by atoms with E-state index in [9.17, 15) is 4.79 Å². The summed E-state index contributed by atoms with van der Waals surface area (Å²) in [7, 11) is 1.57. The number of carbonyl (C=O) groups is 1. The summed E-state index contributed by atoms with van der Waals surface area (Å²) >= 11 is 1.38. The maximum absolute atomic E-state index is 11.9.